The summed E-state index contributed by atoms with van der Waals surface area (Å²) < 4.78 is 8.21. The molecule has 0 spiro atoms. The molecule has 1 fully saturated rings. The molecular formula is C45H52N8O3. The predicted octanol–water partition coefficient (Wildman–Crippen LogP) is 7.21. The van der Waals surface area contributed by atoms with Gasteiger partial charge >= 0.3 is 0 Å². The van der Waals surface area contributed by atoms with Gasteiger partial charge in [0.05, 0.1) is 24.8 Å². The van der Waals surface area contributed by atoms with Crippen molar-refractivity contribution in [3.63, 3.8) is 0 Å². The standard InChI is InChI=1S/C45H52N8O3/c1-28-23-40-43(29(28)2)44(33-11-6-5-7-12-33)49-39(45-51-50-31(4)53(40)45)24-42(55)48-30(3)32-15-18-36(19-16-32)56-22-9-8-21-46-38-14-10-13-34-26-52(27-37(34)38)35-17-20-41(54)47-25-35/h5-7,10-16,18-19,30,35,39,46H,8-9,17,20-27H2,1-4H3,(H,47,54)(H,48,55)/t30-,35?,39?/m0/s1. The van der Waals surface area contributed by atoms with Crippen molar-refractivity contribution in [2.24, 2.45) is 4.99 Å². The number of aromatic nitrogens is 3. The smallest absolute Gasteiger partial charge is 0.223 e. The summed E-state index contributed by atoms with van der Waals surface area (Å²) in [5, 5.41) is 18.9. The molecule has 3 N–H and O–H groups in total. The van der Waals surface area contributed by atoms with Crippen molar-refractivity contribution in [2.45, 2.75) is 97.4 Å². The number of benzene rings is 3. The molecule has 0 saturated carbocycles. The number of carbonyl (C=O) groups is 2. The highest BCUT2D eigenvalue weighted by Gasteiger charge is 2.35. The highest BCUT2D eigenvalue weighted by Crippen LogP contribution is 2.42. The van der Waals surface area contributed by atoms with E-state index in [1.54, 1.807) is 0 Å². The molecule has 3 aliphatic heterocycles. The van der Waals surface area contributed by atoms with Gasteiger partial charge in [-0.05, 0) is 87.4 Å². The van der Waals surface area contributed by atoms with Gasteiger partial charge in [0, 0.05) is 67.6 Å². The maximum atomic E-state index is 13.7. The first-order valence-corrected chi connectivity index (χ1v) is 20.1. The van der Waals surface area contributed by atoms with Gasteiger partial charge in [0.15, 0.2) is 5.82 Å². The molecule has 0 bridgehead atoms. The first-order valence-electron chi connectivity index (χ1n) is 20.1. The number of amides is 2. The molecule has 1 aromatic heterocycles. The van der Waals surface area contributed by atoms with Gasteiger partial charge in [-0.15, -0.1) is 10.2 Å². The van der Waals surface area contributed by atoms with Crippen molar-refractivity contribution in [3.05, 3.63) is 123 Å². The summed E-state index contributed by atoms with van der Waals surface area (Å²) in [4.78, 5) is 33.0. The number of rotatable bonds is 13. The molecule has 8 rings (SSSR count). The summed E-state index contributed by atoms with van der Waals surface area (Å²) in [7, 11) is 0. The molecule has 0 radical (unpaired) electrons. The van der Waals surface area contributed by atoms with Crippen molar-refractivity contribution >= 4 is 28.9 Å². The summed E-state index contributed by atoms with van der Waals surface area (Å²) in [5.41, 5.74) is 11.7. The van der Waals surface area contributed by atoms with Crippen LogP contribution in [0.15, 0.2) is 94.5 Å². The van der Waals surface area contributed by atoms with Crippen LogP contribution < -0.4 is 20.7 Å². The fourth-order valence-electron chi connectivity index (χ4n) is 8.52. The SMILES string of the molecule is CC1=C(C)C2=C(C1)n1c(C)nnc1C(CC(=O)N[C@@H](C)c1ccc(OCCCCNc3cccc4c3CN(C3CCC(=O)NC3)C4)cc1)N=C2c1ccccc1. The molecule has 2 unspecified atom stereocenters. The second kappa shape index (κ2) is 16.3. The van der Waals surface area contributed by atoms with Crippen molar-refractivity contribution < 1.29 is 14.3 Å². The van der Waals surface area contributed by atoms with Crippen LogP contribution in [0.2, 0.25) is 0 Å². The van der Waals surface area contributed by atoms with Crippen molar-refractivity contribution in [2.75, 3.05) is 25.0 Å². The molecule has 2 amide bonds. The highest BCUT2D eigenvalue weighted by molar-refractivity contribution is 6.19. The number of anilines is 1. The number of nitrogens with one attached hydrogen (secondary N) is 3. The predicted molar refractivity (Wildman–Crippen MR) is 219 cm³/mol. The zero-order chi connectivity index (χ0) is 38.8. The number of aryl methyl sites for hydroxylation is 1. The number of nitrogens with zero attached hydrogens (tertiary/aromatic N) is 5. The zero-order valence-corrected chi connectivity index (χ0v) is 32.9. The molecule has 11 nitrogen and oxygen atoms in total. The second-order valence-corrected chi connectivity index (χ2v) is 15.6. The minimum Gasteiger partial charge on any atom is -0.494 e. The van der Waals surface area contributed by atoms with E-state index in [9.17, 15) is 9.59 Å². The van der Waals surface area contributed by atoms with Gasteiger partial charge in [0.2, 0.25) is 11.8 Å². The lowest BCUT2D eigenvalue weighted by molar-refractivity contribution is -0.123. The quantitative estimate of drug-likeness (QED) is 0.123. The van der Waals surface area contributed by atoms with Crippen LogP contribution in [0.25, 0.3) is 5.70 Å². The number of piperidine rings is 1. The highest BCUT2D eigenvalue weighted by atomic mass is 16.5. The third kappa shape index (κ3) is 7.77. The fraction of sp³-hybridized carbons (Fsp3) is 0.400. The monoisotopic (exact) mass is 752 g/mol. The Labute approximate surface area is 329 Å². The molecule has 4 heterocycles. The summed E-state index contributed by atoms with van der Waals surface area (Å²) in [6.45, 7) is 12.4. The molecule has 4 aliphatic rings. The van der Waals surface area contributed by atoms with E-state index in [4.69, 9.17) is 9.73 Å². The lowest BCUT2D eigenvalue weighted by Gasteiger charge is -2.30. The number of ether oxygens (including phenoxy) is 1. The third-order valence-electron chi connectivity index (χ3n) is 11.8. The molecule has 11 heteroatoms. The van der Waals surface area contributed by atoms with E-state index in [1.165, 1.54) is 28.0 Å². The van der Waals surface area contributed by atoms with Crippen molar-refractivity contribution in [1.29, 1.82) is 0 Å². The summed E-state index contributed by atoms with van der Waals surface area (Å²) >= 11 is 0. The molecule has 56 heavy (non-hydrogen) atoms. The van der Waals surface area contributed by atoms with E-state index in [0.717, 1.165) is 91.5 Å². The molecule has 3 atom stereocenters. The van der Waals surface area contributed by atoms with E-state index in [-0.39, 0.29) is 24.3 Å². The fourth-order valence-corrected chi connectivity index (χ4v) is 8.52. The van der Waals surface area contributed by atoms with Crippen LogP contribution in [0.3, 0.4) is 0 Å². The van der Waals surface area contributed by atoms with Gasteiger partial charge in [-0.25, -0.2) is 0 Å². The average molecular weight is 753 g/mol. The van der Waals surface area contributed by atoms with Crippen LogP contribution in [0.4, 0.5) is 5.69 Å². The number of allylic oxidation sites excluding steroid dienone is 4. The topological polar surface area (TPSA) is 126 Å². The normalized spacial score (nSPS) is 19.8. The summed E-state index contributed by atoms with van der Waals surface area (Å²) in [5.74, 6) is 2.39. The Hall–Kier alpha value is -5.55. The van der Waals surface area contributed by atoms with Gasteiger partial charge in [0.1, 0.15) is 17.6 Å². The Kier molecular flexibility index (Phi) is 10.9. The lowest BCUT2D eigenvalue weighted by atomic mass is 9.97. The molecule has 290 valence electrons. The largest absolute Gasteiger partial charge is 0.494 e. The Morgan fingerprint density at radius 3 is 2.59 bits per heavy atom. The number of hydrogen-bond acceptors (Lipinski definition) is 8. The van der Waals surface area contributed by atoms with Gasteiger partial charge in [-0.3, -0.25) is 24.0 Å². The van der Waals surface area contributed by atoms with Crippen LogP contribution in [0.1, 0.15) is 105 Å². The summed E-state index contributed by atoms with van der Waals surface area (Å²) in [6.07, 6.45) is 4.42. The van der Waals surface area contributed by atoms with Crippen LogP contribution in [0, 0.1) is 6.92 Å². The van der Waals surface area contributed by atoms with E-state index in [2.05, 4.69) is 79.8 Å². The van der Waals surface area contributed by atoms with Crippen LogP contribution in [0.5, 0.6) is 5.75 Å². The Balaban J connectivity index is 0.823. The van der Waals surface area contributed by atoms with Crippen LogP contribution in [-0.4, -0.2) is 62.9 Å². The average Bonchev–Trinajstić information content (AvgIpc) is 3.87. The van der Waals surface area contributed by atoms with Crippen LogP contribution >= 0.6 is 0 Å². The summed E-state index contributed by atoms with van der Waals surface area (Å²) in [6, 6.07) is 24.5. The zero-order valence-electron chi connectivity index (χ0n) is 32.9. The van der Waals surface area contributed by atoms with E-state index >= 15 is 0 Å². The van der Waals surface area contributed by atoms with Gasteiger partial charge in [0.25, 0.3) is 0 Å². The first kappa shape index (κ1) is 37.4. The van der Waals surface area contributed by atoms with E-state index in [1.807, 2.05) is 56.3 Å². The van der Waals surface area contributed by atoms with Gasteiger partial charge in [-0.1, -0.05) is 60.2 Å². The maximum absolute atomic E-state index is 13.7. The molecule has 1 saturated heterocycles. The molecule has 1 aliphatic carbocycles. The molecule has 4 aromatic rings. The molecular weight excluding hydrogens is 701 g/mol. The van der Waals surface area contributed by atoms with Crippen molar-refractivity contribution in [1.82, 2.24) is 30.3 Å². The van der Waals surface area contributed by atoms with Crippen LogP contribution in [-0.2, 0) is 22.7 Å². The lowest BCUT2D eigenvalue weighted by Crippen LogP contribution is -2.46. The van der Waals surface area contributed by atoms with E-state index < -0.39 is 6.04 Å². The second-order valence-electron chi connectivity index (χ2n) is 15.6. The van der Waals surface area contributed by atoms with Gasteiger partial charge < -0.3 is 20.7 Å². The number of carbonyl (C=O) groups excluding carboxylic acids is 2. The van der Waals surface area contributed by atoms with Crippen molar-refractivity contribution in [3.8, 4) is 5.75 Å². The minimum absolute atomic E-state index is 0.0951. The first-order chi connectivity index (χ1) is 27.2. The molecule has 3 aromatic carbocycles. The third-order valence-corrected chi connectivity index (χ3v) is 11.8. The Morgan fingerprint density at radius 2 is 1.80 bits per heavy atom. The number of hydrogen-bond donors (Lipinski definition) is 3. The Morgan fingerprint density at radius 1 is 0.982 bits per heavy atom. The Bertz CT molecular complexity index is 2190. The number of unbranched alkanes of at least 4 members (excludes halogenated alkanes) is 1. The maximum Gasteiger partial charge on any atom is 0.223 e. The van der Waals surface area contributed by atoms with Gasteiger partial charge in [-0.2, -0.15) is 0 Å². The number of fused-ring (bicyclic) bond motifs is 3. The number of aliphatic imine (C=N–C) groups is 1. The van der Waals surface area contributed by atoms with E-state index in [0.29, 0.717) is 24.9 Å². The minimum atomic E-state index is -0.486.